The first-order valence-electron chi connectivity index (χ1n) is 7.56. The lowest BCUT2D eigenvalue weighted by Gasteiger charge is -2.29. The van der Waals surface area contributed by atoms with Crippen LogP contribution in [0.4, 0.5) is 5.69 Å². The zero-order valence-electron chi connectivity index (χ0n) is 13.1. The van der Waals surface area contributed by atoms with E-state index < -0.39 is 16.1 Å². The molecule has 1 atom stereocenters. The molecule has 0 saturated heterocycles. The predicted molar refractivity (Wildman–Crippen MR) is 97.2 cm³/mol. The summed E-state index contributed by atoms with van der Waals surface area (Å²) in [4.78, 5) is 12.3. The first kappa shape index (κ1) is 17.1. The van der Waals surface area contributed by atoms with Crippen molar-refractivity contribution in [1.29, 1.82) is 0 Å². The molecule has 24 heavy (non-hydrogen) atoms. The molecule has 0 aromatic heterocycles. The number of carbonyl (C=O) groups excluding carboxylic acids is 1. The molecule has 0 spiro atoms. The van der Waals surface area contributed by atoms with Gasteiger partial charge in [0.2, 0.25) is 15.9 Å². The van der Waals surface area contributed by atoms with Crippen molar-refractivity contribution in [3.8, 4) is 0 Å². The SMILES string of the molecule is CCS(=O)(=O)N1CC(=O)Nc2ccc(Br)cc2[C@H]1c1ccccc1. The van der Waals surface area contributed by atoms with E-state index in [-0.39, 0.29) is 18.2 Å². The Morgan fingerprint density at radius 2 is 1.92 bits per heavy atom. The van der Waals surface area contributed by atoms with Gasteiger partial charge >= 0.3 is 0 Å². The van der Waals surface area contributed by atoms with E-state index in [4.69, 9.17) is 0 Å². The van der Waals surface area contributed by atoms with Crippen LogP contribution in [0.2, 0.25) is 0 Å². The summed E-state index contributed by atoms with van der Waals surface area (Å²) in [6.07, 6.45) is 0. The Hall–Kier alpha value is -1.70. The number of nitrogens with zero attached hydrogens (tertiary/aromatic N) is 1. The molecule has 2 aromatic rings. The van der Waals surface area contributed by atoms with Gasteiger partial charge < -0.3 is 5.32 Å². The molecule has 1 amide bonds. The highest BCUT2D eigenvalue weighted by Crippen LogP contribution is 2.38. The molecule has 2 aromatic carbocycles. The minimum Gasteiger partial charge on any atom is -0.325 e. The van der Waals surface area contributed by atoms with E-state index in [9.17, 15) is 13.2 Å². The first-order valence-corrected chi connectivity index (χ1v) is 9.96. The average Bonchev–Trinajstić information content (AvgIpc) is 2.71. The van der Waals surface area contributed by atoms with Gasteiger partial charge in [-0.25, -0.2) is 8.42 Å². The third-order valence-electron chi connectivity index (χ3n) is 4.01. The second kappa shape index (κ2) is 6.66. The molecule has 7 heteroatoms. The van der Waals surface area contributed by atoms with Gasteiger partial charge in [-0.05, 0) is 36.2 Å². The zero-order chi connectivity index (χ0) is 17.3. The third-order valence-corrected chi connectivity index (χ3v) is 6.28. The van der Waals surface area contributed by atoms with Crippen LogP contribution in [0.5, 0.6) is 0 Å². The highest BCUT2D eigenvalue weighted by Gasteiger charge is 2.36. The van der Waals surface area contributed by atoms with Crippen molar-refractivity contribution in [2.45, 2.75) is 13.0 Å². The molecule has 0 aliphatic carbocycles. The Bertz CT molecular complexity index is 869. The Kier molecular flexibility index (Phi) is 4.76. The number of amides is 1. The lowest BCUT2D eigenvalue weighted by Crippen LogP contribution is -2.39. The van der Waals surface area contributed by atoms with Crippen LogP contribution in [-0.4, -0.2) is 30.9 Å². The van der Waals surface area contributed by atoms with Crippen molar-refractivity contribution in [2.24, 2.45) is 0 Å². The number of hydrogen-bond donors (Lipinski definition) is 1. The number of fused-ring (bicyclic) bond motifs is 1. The Morgan fingerprint density at radius 3 is 2.58 bits per heavy atom. The number of rotatable bonds is 3. The van der Waals surface area contributed by atoms with Gasteiger partial charge in [-0.2, -0.15) is 4.31 Å². The quantitative estimate of drug-likeness (QED) is 0.847. The van der Waals surface area contributed by atoms with Gasteiger partial charge in [0.15, 0.2) is 0 Å². The van der Waals surface area contributed by atoms with Gasteiger partial charge in [-0.1, -0.05) is 46.3 Å². The lowest BCUT2D eigenvalue weighted by atomic mass is 9.97. The molecular weight excluding hydrogens is 392 g/mol. The molecular formula is C17H17BrN2O3S. The third kappa shape index (κ3) is 3.24. The summed E-state index contributed by atoms with van der Waals surface area (Å²) in [6, 6.07) is 14.3. The molecule has 1 aliphatic heterocycles. The minimum absolute atomic E-state index is 0.0625. The highest BCUT2D eigenvalue weighted by molar-refractivity contribution is 9.10. The van der Waals surface area contributed by atoms with Gasteiger partial charge in [0.25, 0.3) is 0 Å². The molecule has 0 unspecified atom stereocenters. The van der Waals surface area contributed by atoms with Crippen molar-refractivity contribution in [3.05, 3.63) is 64.1 Å². The summed E-state index contributed by atoms with van der Waals surface area (Å²) in [7, 11) is -3.57. The van der Waals surface area contributed by atoms with Crippen LogP contribution in [0.3, 0.4) is 0 Å². The maximum Gasteiger partial charge on any atom is 0.239 e. The standard InChI is InChI=1S/C17H17BrN2O3S/c1-2-24(22,23)20-11-16(21)19-15-9-8-13(18)10-14(15)17(20)12-6-4-3-5-7-12/h3-10,17H,2,11H2,1H3,(H,19,21)/t17-/m1/s1. The van der Waals surface area contributed by atoms with Gasteiger partial charge in [0.1, 0.15) is 0 Å². The number of nitrogens with one attached hydrogen (secondary N) is 1. The Labute approximate surface area is 149 Å². The Balaban J connectivity index is 2.27. The van der Waals surface area contributed by atoms with Gasteiger partial charge in [0, 0.05) is 10.2 Å². The van der Waals surface area contributed by atoms with Crippen LogP contribution in [0.1, 0.15) is 24.1 Å². The van der Waals surface area contributed by atoms with Crippen LogP contribution >= 0.6 is 15.9 Å². The zero-order valence-corrected chi connectivity index (χ0v) is 15.5. The number of carbonyl (C=O) groups is 1. The van der Waals surface area contributed by atoms with E-state index >= 15 is 0 Å². The van der Waals surface area contributed by atoms with E-state index in [1.165, 1.54) is 4.31 Å². The normalized spacial score (nSPS) is 18.6. The second-order valence-electron chi connectivity index (χ2n) is 5.54. The van der Waals surface area contributed by atoms with E-state index in [0.717, 1.165) is 15.6 Å². The van der Waals surface area contributed by atoms with Crippen molar-refractivity contribution in [2.75, 3.05) is 17.6 Å². The van der Waals surface area contributed by atoms with Crippen molar-refractivity contribution < 1.29 is 13.2 Å². The van der Waals surface area contributed by atoms with Crippen molar-refractivity contribution in [1.82, 2.24) is 4.31 Å². The second-order valence-corrected chi connectivity index (χ2v) is 8.66. The maximum absolute atomic E-state index is 12.7. The molecule has 3 rings (SSSR count). The van der Waals surface area contributed by atoms with Gasteiger partial charge in [-0.3, -0.25) is 4.79 Å². The van der Waals surface area contributed by atoms with E-state index in [1.807, 2.05) is 42.5 Å². The topological polar surface area (TPSA) is 66.5 Å². The van der Waals surface area contributed by atoms with Gasteiger partial charge in [-0.15, -0.1) is 0 Å². The summed E-state index contributed by atoms with van der Waals surface area (Å²) in [5.74, 6) is -0.401. The summed E-state index contributed by atoms with van der Waals surface area (Å²) < 4.78 is 27.4. The summed E-state index contributed by atoms with van der Waals surface area (Å²) >= 11 is 3.44. The van der Waals surface area contributed by atoms with Crippen LogP contribution in [0.15, 0.2) is 53.0 Å². The highest BCUT2D eigenvalue weighted by atomic mass is 79.9. The average molecular weight is 409 g/mol. The van der Waals surface area contributed by atoms with Crippen molar-refractivity contribution in [3.63, 3.8) is 0 Å². The van der Waals surface area contributed by atoms with E-state index in [0.29, 0.717) is 5.69 Å². The maximum atomic E-state index is 12.7. The van der Waals surface area contributed by atoms with Crippen LogP contribution in [0.25, 0.3) is 0 Å². The lowest BCUT2D eigenvalue weighted by molar-refractivity contribution is -0.116. The minimum atomic E-state index is -3.57. The number of anilines is 1. The molecule has 0 bridgehead atoms. The molecule has 126 valence electrons. The largest absolute Gasteiger partial charge is 0.325 e. The summed E-state index contributed by atoms with van der Waals surface area (Å²) in [5.41, 5.74) is 2.20. The number of benzene rings is 2. The molecule has 0 saturated carbocycles. The fourth-order valence-electron chi connectivity index (χ4n) is 2.86. The van der Waals surface area contributed by atoms with E-state index in [1.54, 1.807) is 13.0 Å². The summed E-state index contributed by atoms with van der Waals surface area (Å²) in [5, 5.41) is 2.81. The first-order chi connectivity index (χ1) is 11.4. The predicted octanol–water partition coefficient (Wildman–Crippen LogP) is 3.14. The molecule has 0 radical (unpaired) electrons. The molecule has 1 heterocycles. The number of halogens is 1. The Morgan fingerprint density at radius 1 is 1.21 bits per heavy atom. The summed E-state index contributed by atoms with van der Waals surface area (Å²) in [6.45, 7) is 1.38. The van der Waals surface area contributed by atoms with Crippen molar-refractivity contribution >= 4 is 37.5 Å². The molecule has 1 aliphatic rings. The number of hydrogen-bond acceptors (Lipinski definition) is 3. The smallest absolute Gasteiger partial charge is 0.239 e. The van der Waals surface area contributed by atoms with Crippen LogP contribution < -0.4 is 5.32 Å². The molecule has 5 nitrogen and oxygen atoms in total. The molecule has 0 fully saturated rings. The number of sulfonamides is 1. The fraction of sp³-hybridized carbons (Fsp3) is 0.235. The van der Waals surface area contributed by atoms with Crippen LogP contribution in [-0.2, 0) is 14.8 Å². The molecule has 1 N–H and O–H groups in total. The van der Waals surface area contributed by atoms with Gasteiger partial charge in [0.05, 0.1) is 18.3 Å². The fourth-order valence-corrected chi connectivity index (χ4v) is 4.44. The van der Waals surface area contributed by atoms with E-state index in [2.05, 4.69) is 21.2 Å². The monoisotopic (exact) mass is 408 g/mol. The van der Waals surface area contributed by atoms with Crippen LogP contribution in [0, 0.1) is 0 Å².